The predicted molar refractivity (Wildman–Crippen MR) is 70.3 cm³/mol. The van der Waals surface area contributed by atoms with E-state index in [0.29, 0.717) is 0 Å². The Morgan fingerprint density at radius 1 is 1.40 bits per heavy atom. The van der Waals surface area contributed by atoms with Gasteiger partial charge in [-0.15, -0.1) is 0 Å². The number of nitrogens with one attached hydrogen (secondary N) is 1. The largest absolute Gasteiger partial charge is 0.465 e. The number of hydrogen-bond acceptors (Lipinski definition) is 4. The first kappa shape index (κ1) is 14.3. The molecule has 1 aliphatic heterocycles. The minimum atomic E-state index is -1.05. The molecule has 7 heteroatoms. The van der Waals surface area contributed by atoms with E-state index >= 15 is 0 Å². The molecule has 0 bridgehead atoms. The molecule has 1 aromatic rings. The number of carbonyl (C=O) groups excluding carboxylic acids is 1. The Bertz CT molecular complexity index is 494. The Morgan fingerprint density at radius 3 is 2.75 bits per heavy atom. The van der Waals surface area contributed by atoms with Gasteiger partial charge in [0.2, 0.25) is 0 Å². The lowest BCUT2D eigenvalue weighted by Gasteiger charge is -2.39. The molecule has 0 aromatic carbocycles. The van der Waals surface area contributed by atoms with E-state index in [1.54, 1.807) is 25.1 Å². The van der Waals surface area contributed by atoms with Crippen molar-refractivity contribution < 1.29 is 19.8 Å². The van der Waals surface area contributed by atoms with E-state index in [1.807, 2.05) is 0 Å². The standard InChI is InChI=1S/C13H17N3O4/c1-8-6-16(13(19)20)7-10(11(8)17)15-12(18)9-4-2-3-5-14-9/h2-5,8,10-11,17H,6-7H2,1H3,(H,15,18)(H,19,20). The highest BCUT2D eigenvalue weighted by molar-refractivity contribution is 5.92. The van der Waals surface area contributed by atoms with Crippen molar-refractivity contribution in [3.8, 4) is 0 Å². The summed E-state index contributed by atoms with van der Waals surface area (Å²) in [6.45, 7) is 2.07. The lowest BCUT2D eigenvalue weighted by Crippen LogP contribution is -2.59. The van der Waals surface area contributed by atoms with Crippen LogP contribution in [-0.2, 0) is 0 Å². The number of amides is 2. The van der Waals surface area contributed by atoms with Gasteiger partial charge in [-0.2, -0.15) is 0 Å². The van der Waals surface area contributed by atoms with Crippen molar-refractivity contribution in [1.82, 2.24) is 15.2 Å². The van der Waals surface area contributed by atoms with Crippen LogP contribution in [0, 0.1) is 5.92 Å². The predicted octanol–water partition coefficient (Wildman–Crippen LogP) is 0.171. The second-order valence-corrected chi connectivity index (χ2v) is 4.95. The van der Waals surface area contributed by atoms with Gasteiger partial charge in [-0.25, -0.2) is 4.79 Å². The molecule has 0 aliphatic carbocycles. The fraction of sp³-hybridized carbons (Fsp3) is 0.462. The van der Waals surface area contributed by atoms with Crippen LogP contribution in [-0.4, -0.2) is 57.3 Å². The van der Waals surface area contributed by atoms with Crippen molar-refractivity contribution in [1.29, 1.82) is 0 Å². The fourth-order valence-corrected chi connectivity index (χ4v) is 2.30. The first-order valence-corrected chi connectivity index (χ1v) is 6.37. The maximum atomic E-state index is 12.0. The summed E-state index contributed by atoms with van der Waals surface area (Å²) in [6.07, 6.45) is -0.336. The van der Waals surface area contributed by atoms with Gasteiger partial charge in [0.1, 0.15) is 5.69 Å². The average molecular weight is 279 g/mol. The number of likely N-dealkylation sites (tertiary alicyclic amines) is 1. The van der Waals surface area contributed by atoms with Crippen LogP contribution in [0.15, 0.2) is 24.4 Å². The van der Waals surface area contributed by atoms with Crippen molar-refractivity contribution in [3.05, 3.63) is 30.1 Å². The molecule has 7 nitrogen and oxygen atoms in total. The summed E-state index contributed by atoms with van der Waals surface area (Å²) in [7, 11) is 0. The minimum Gasteiger partial charge on any atom is -0.465 e. The highest BCUT2D eigenvalue weighted by atomic mass is 16.4. The smallest absolute Gasteiger partial charge is 0.407 e. The number of rotatable bonds is 2. The number of aliphatic hydroxyl groups is 1. The Balaban J connectivity index is 2.07. The van der Waals surface area contributed by atoms with Gasteiger partial charge < -0.3 is 20.4 Å². The molecule has 2 rings (SSSR count). The Kier molecular flexibility index (Phi) is 4.19. The molecule has 2 heterocycles. The molecule has 20 heavy (non-hydrogen) atoms. The number of carbonyl (C=O) groups is 2. The van der Waals surface area contributed by atoms with Gasteiger partial charge in [-0.05, 0) is 12.1 Å². The van der Waals surface area contributed by atoms with Crippen molar-refractivity contribution in [2.24, 2.45) is 5.92 Å². The molecule has 3 atom stereocenters. The summed E-state index contributed by atoms with van der Waals surface area (Å²) >= 11 is 0. The summed E-state index contributed by atoms with van der Waals surface area (Å²) in [6, 6.07) is 4.30. The van der Waals surface area contributed by atoms with Crippen molar-refractivity contribution in [3.63, 3.8) is 0 Å². The third-order valence-electron chi connectivity index (χ3n) is 3.41. The summed E-state index contributed by atoms with van der Waals surface area (Å²) in [5.74, 6) is -0.664. The van der Waals surface area contributed by atoms with Crippen LogP contribution in [0.4, 0.5) is 4.79 Å². The highest BCUT2D eigenvalue weighted by Gasteiger charge is 2.36. The van der Waals surface area contributed by atoms with E-state index in [-0.39, 0.29) is 24.7 Å². The lowest BCUT2D eigenvalue weighted by molar-refractivity contribution is 0.00928. The van der Waals surface area contributed by atoms with Crippen molar-refractivity contribution in [2.75, 3.05) is 13.1 Å². The SMILES string of the molecule is CC1CN(C(=O)O)CC(NC(=O)c2ccccn2)C1O. The topological polar surface area (TPSA) is 103 Å². The van der Waals surface area contributed by atoms with E-state index in [9.17, 15) is 14.7 Å². The Morgan fingerprint density at radius 2 is 2.15 bits per heavy atom. The molecule has 108 valence electrons. The minimum absolute atomic E-state index is 0.0689. The molecule has 2 amide bonds. The first-order chi connectivity index (χ1) is 9.49. The van der Waals surface area contributed by atoms with E-state index in [0.717, 1.165) is 0 Å². The normalized spacial score (nSPS) is 26.1. The number of nitrogens with zero attached hydrogens (tertiary/aromatic N) is 2. The summed E-state index contributed by atoms with van der Waals surface area (Å²) < 4.78 is 0. The molecular formula is C13H17N3O4. The zero-order chi connectivity index (χ0) is 14.7. The van der Waals surface area contributed by atoms with Crippen LogP contribution in [0.2, 0.25) is 0 Å². The number of pyridine rings is 1. The molecule has 1 fully saturated rings. The number of hydrogen-bond donors (Lipinski definition) is 3. The Hall–Kier alpha value is -2.15. The van der Waals surface area contributed by atoms with Gasteiger partial charge in [0.15, 0.2) is 0 Å². The van der Waals surface area contributed by atoms with Crippen LogP contribution in [0.1, 0.15) is 17.4 Å². The van der Waals surface area contributed by atoms with Crippen molar-refractivity contribution in [2.45, 2.75) is 19.1 Å². The monoisotopic (exact) mass is 279 g/mol. The van der Waals surface area contributed by atoms with E-state index in [2.05, 4.69) is 10.3 Å². The third-order valence-corrected chi connectivity index (χ3v) is 3.41. The lowest BCUT2D eigenvalue weighted by atomic mass is 9.92. The fourth-order valence-electron chi connectivity index (χ4n) is 2.30. The van der Waals surface area contributed by atoms with Crippen LogP contribution in [0.25, 0.3) is 0 Å². The number of aromatic nitrogens is 1. The summed E-state index contributed by atoms with van der Waals surface area (Å²) in [5.41, 5.74) is 0.236. The molecular weight excluding hydrogens is 262 g/mol. The van der Waals surface area contributed by atoms with Crippen LogP contribution in [0.3, 0.4) is 0 Å². The number of piperidine rings is 1. The number of aliphatic hydroxyl groups excluding tert-OH is 1. The maximum absolute atomic E-state index is 12.0. The molecule has 0 spiro atoms. The highest BCUT2D eigenvalue weighted by Crippen LogP contribution is 2.17. The third kappa shape index (κ3) is 3.05. The molecule has 1 saturated heterocycles. The summed E-state index contributed by atoms with van der Waals surface area (Å²) in [5, 5.41) is 21.8. The zero-order valence-electron chi connectivity index (χ0n) is 11.1. The van der Waals surface area contributed by atoms with Gasteiger partial charge in [-0.3, -0.25) is 9.78 Å². The molecule has 0 saturated carbocycles. The quantitative estimate of drug-likeness (QED) is 0.716. The molecule has 3 N–H and O–H groups in total. The zero-order valence-corrected chi connectivity index (χ0v) is 11.1. The number of carboxylic acid groups (broad SMARTS) is 1. The molecule has 0 radical (unpaired) electrons. The van der Waals surface area contributed by atoms with Gasteiger partial charge in [0.25, 0.3) is 5.91 Å². The molecule has 1 aromatic heterocycles. The summed E-state index contributed by atoms with van der Waals surface area (Å²) in [4.78, 5) is 28.1. The van der Waals surface area contributed by atoms with Gasteiger partial charge in [0, 0.05) is 25.2 Å². The second kappa shape index (κ2) is 5.87. The van der Waals surface area contributed by atoms with Crippen LogP contribution in [0.5, 0.6) is 0 Å². The van der Waals surface area contributed by atoms with E-state index in [1.165, 1.54) is 11.1 Å². The van der Waals surface area contributed by atoms with Crippen LogP contribution < -0.4 is 5.32 Å². The van der Waals surface area contributed by atoms with E-state index < -0.39 is 24.1 Å². The maximum Gasteiger partial charge on any atom is 0.407 e. The van der Waals surface area contributed by atoms with Gasteiger partial charge >= 0.3 is 6.09 Å². The van der Waals surface area contributed by atoms with Crippen molar-refractivity contribution >= 4 is 12.0 Å². The van der Waals surface area contributed by atoms with Crippen LogP contribution >= 0.6 is 0 Å². The average Bonchev–Trinajstić information content (AvgIpc) is 2.44. The van der Waals surface area contributed by atoms with Gasteiger partial charge in [0.05, 0.1) is 12.1 Å². The Labute approximate surface area is 116 Å². The molecule has 3 unspecified atom stereocenters. The molecule has 1 aliphatic rings. The van der Waals surface area contributed by atoms with E-state index in [4.69, 9.17) is 5.11 Å². The second-order valence-electron chi connectivity index (χ2n) is 4.95. The van der Waals surface area contributed by atoms with Gasteiger partial charge in [-0.1, -0.05) is 13.0 Å². The first-order valence-electron chi connectivity index (χ1n) is 6.37.